The molecule has 1 atom stereocenters. The van der Waals surface area contributed by atoms with E-state index in [2.05, 4.69) is 36.7 Å². The average Bonchev–Trinajstić information content (AvgIpc) is 2.57. The molecule has 1 nitrogen and oxygen atoms in total. The lowest BCUT2D eigenvalue weighted by molar-refractivity contribution is 0.477. The zero-order valence-electron chi connectivity index (χ0n) is 8.55. The topological polar surface area (TPSA) is 12.0 Å². The number of hydrogen-bond acceptors (Lipinski definition) is 2. The van der Waals surface area contributed by atoms with Crippen molar-refractivity contribution in [1.29, 1.82) is 0 Å². The number of nitrogens with one attached hydrogen (secondary N) is 1. The maximum absolute atomic E-state index is 3.48. The van der Waals surface area contributed by atoms with E-state index in [4.69, 9.17) is 0 Å². The van der Waals surface area contributed by atoms with E-state index in [1.165, 1.54) is 17.7 Å². The third-order valence-electron chi connectivity index (χ3n) is 2.15. The second-order valence-corrected chi connectivity index (χ2v) is 4.64. The van der Waals surface area contributed by atoms with Gasteiger partial charge in [-0.2, -0.15) is 0 Å². The van der Waals surface area contributed by atoms with E-state index < -0.39 is 0 Å². The Balaban J connectivity index is 2.07. The maximum atomic E-state index is 3.48. The molecule has 0 fully saturated rings. The molecule has 13 heavy (non-hydrogen) atoms. The average molecular weight is 197 g/mol. The lowest BCUT2D eigenvalue weighted by atomic mass is 10.1. The van der Waals surface area contributed by atoms with Crippen LogP contribution < -0.4 is 5.32 Å². The molecule has 0 aliphatic carbocycles. The Morgan fingerprint density at radius 1 is 1.54 bits per heavy atom. The van der Waals surface area contributed by atoms with E-state index in [1.807, 2.05) is 11.3 Å². The molecular formula is C11H19NS. The Hall–Kier alpha value is -0.340. The molecule has 1 N–H and O–H groups in total. The van der Waals surface area contributed by atoms with Crippen molar-refractivity contribution in [2.75, 3.05) is 6.54 Å². The largest absolute Gasteiger partial charge is 0.312 e. The van der Waals surface area contributed by atoms with Gasteiger partial charge in [0.1, 0.15) is 0 Å². The summed E-state index contributed by atoms with van der Waals surface area (Å²) >= 11 is 1.83. The maximum Gasteiger partial charge on any atom is 0.0299 e. The second kappa shape index (κ2) is 6.17. The van der Waals surface area contributed by atoms with Crippen LogP contribution in [0.4, 0.5) is 0 Å². The summed E-state index contributed by atoms with van der Waals surface area (Å²) in [6.07, 6.45) is 2.62. The molecule has 1 rings (SSSR count). The van der Waals surface area contributed by atoms with E-state index >= 15 is 0 Å². The normalized spacial score (nSPS) is 13.1. The smallest absolute Gasteiger partial charge is 0.0299 e. The Morgan fingerprint density at radius 2 is 2.38 bits per heavy atom. The van der Waals surface area contributed by atoms with Crippen molar-refractivity contribution in [2.45, 2.75) is 33.2 Å². The fourth-order valence-corrected chi connectivity index (χ4v) is 2.12. The van der Waals surface area contributed by atoms with Crippen LogP contribution in [0.5, 0.6) is 0 Å². The molecule has 0 spiro atoms. The van der Waals surface area contributed by atoms with Crippen LogP contribution in [0.25, 0.3) is 0 Å². The van der Waals surface area contributed by atoms with Crippen LogP contribution in [0.3, 0.4) is 0 Å². The predicted molar refractivity (Wildman–Crippen MR) is 60.1 cm³/mol. The van der Waals surface area contributed by atoms with Crippen LogP contribution in [-0.2, 0) is 6.54 Å². The van der Waals surface area contributed by atoms with Crippen molar-refractivity contribution in [3.05, 3.63) is 22.4 Å². The molecule has 1 heterocycles. The third-order valence-corrected chi connectivity index (χ3v) is 3.03. The van der Waals surface area contributed by atoms with Gasteiger partial charge in [0.25, 0.3) is 0 Å². The lowest BCUT2D eigenvalue weighted by Gasteiger charge is -2.10. The first-order valence-corrected chi connectivity index (χ1v) is 5.94. The van der Waals surface area contributed by atoms with Gasteiger partial charge in [0, 0.05) is 11.4 Å². The fraction of sp³-hybridized carbons (Fsp3) is 0.636. The van der Waals surface area contributed by atoms with E-state index in [9.17, 15) is 0 Å². The molecule has 0 radical (unpaired) electrons. The van der Waals surface area contributed by atoms with Crippen LogP contribution in [0.15, 0.2) is 17.5 Å². The summed E-state index contributed by atoms with van der Waals surface area (Å²) < 4.78 is 0. The van der Waals surface area contributed by atoms with Crippen molar-refractivity contribution in [2.24, 2.45) is 5.92 Å². The molecule has 0 aliphatic heterocycles. The van der Waals surface area contributed by atoms with Crippen molar-refractivity contribution >= 4 is 11.3 Å². The molecule has 0 saturated heterocycles. The first-order chi connectivity index (χ1) is 6.33. The van der Waals surface area contributed by atoms with Gasteiger partial charge in [-0.1, -0.05) is 26.3 Å². The van der Waals surface area contributed by atoms with E-state index in [0.717, 1.165) is 19.0 Å². The Morgan fingerprint density at radius 3 is 3.00 bits per heavy atom. The van der Waals surface area contributed by atoms with E-state index in [-0.39, 0.29) is 0 Å². The van der Waals surface area contributed by atoms with Gasteiger partial charge >= 0.3 is 0 Å². The minimum Gasteiger partial charge on any atom is -0.312 e. The first-order valence-electron chi connectivity index (χ1n) is 5.06. The molecule has 0 aromatic carbocycles. The predicted octanol–water partition coefficient (Wildman–Crippen LogP) is 3.27. The van der Waals surface area contributed by atoms with Gasteiger partial charge in [0.15, 0.2) is 0 Å². The highest BCUT2D eigenvalue weighted by Gasteiger charge is 1.99. The van der Waals surface area contributed by atoms with Gasteiger partial charge in [0.2, 0.25) is 0 Å². The first kappa shape index (κ1) is 10.7. The van der Waals surface area contributed by atoms with E-state index in [1.54, 1.807) is 0 Å². The minimum atomic E-state index is 0.810. The molecule has 74 valence electrons. The van der Waals surface area contributed by atoms with Crippen molar-refractivity contribution in [3.8, 4) is 0 Å². The highest BCUT2D eigenvalue weighted by molar-refractivity contribution is 7.09. The van der Waals surface area contributed by atoms with Crippen LogP contribution in [0.1, 0.15) is 31.6 Å². The van der Waals surface area contributed by atoms with Crippen LogP contribution in [-0.4, -0.2) is 6.54 Å². The summed E-state index contributed by atoms with van der Waals surface area (Å²) in [5.41, 5.74) is 0. The molecule has 0 unspecified atom stereocenters. The summed E-state index contributed by atoms with van der Waals surface area (Å²) in [5, 5.41) is 5.61. The van der Waals surface area contributed by atoms with Crippen LogP contribution in [0.2, 0.25) is 0 Å². The minimum absolute atomic E-state index is 0.810. The molecule has 0 amide bonds. The summed E-state index contributed by atoms with van der Waals surface area (Å²) in [7, 11) is 0. The van der Waals surface area contributed by atoms with Gasteiger partial charge in [-0.3, -0.25) is 0 Å². The number of rotatable bonds is 6. The monoisotopic (exact) mass is 197 g/mol. The zero-order chi connectivity index (χ0) is 9.52. The Kier molecular flexibility index (Phi) is 5.09. The zero-order valence-corrected chi connectivity index (χ0v) is 9.36. The highest BCUT2D eigenvalue weighted by atomic mass is 32.1. The van der Waals surface area contributed by atoms with Gasteiger partial charge < -0.3 is 5.32 Å². The third kappa shape index (κ3) is 4.44. The van der Waals surface area contributed by atoms with E-state index in [0.29, 0.717) is 0 Å². The Bertz CT molecular complexity index is 206. The summed E-state index contributed by atoms with van der Waals surface area (Å²) in [6, 6.07) is 4.29. The quantitative estimate of drug-likeness (QED) is 0.738. The summed E-state index contributed by atoms with van der Waals surface area (Å²) in [5.74, 6) is 0.810. The standard InChI is InChI=1S/C11H19NS/c1-3-5-10(2)8-12-9-11-6-4-7-13-11/h4,6-7,10,12H,3,5,8-9H2,1-2H3/t10-/m1/s1. The van der Waals surface area contributed by atoms with Crippen molar-refractivity contribution < 1.29 is 0 Å². The Labute approximate surface area is 85.2 Å². The van der Waals surface area contributed by atoms with Gasteiger partial charge in [-0.05, 0) is 30.3 Å². The summed E-state index contributed by atoms with van der Waals surface area (Å²) in [6.45, 7) is 6.73. The summed E-state index contributed by atoms with van der Waals surface area (Å²) in [4.78, 5) is 1.43. The molecule has 1 aromatic heterocycles. The molecule has 2 heteroatoms. The van der Waals surface area contributed by atoms with Crippen molar-refractivity contribution in [1.82, 2.24) is 5.32 Å². The molecule has 0 saturated carbocycles. The fourth-order valence-electron chi connectivity index (χ4n) is 1.45. The van der Waals surface area contributed by atoms with Crippen LogP contribution >= 0.6 is 11.3 Å². The SMILES string of the molecule is CCC[C@@H](C)CNCc1cccs1. The molecule has 1 aromatic rings. The molecule has 0 aliphatic rings. The van der Waals surface area contributed by atoms with Crippen molar-refractivity contribution in [3.63, 3.8) is 0 Å². The van der Waals surface area contributed by atoms with Crippen LogP contribution in [0, 0.1) is 5.92 Å². The second-order valence-electron chi connectivity index (χ2n) is 3.60. The number of hydrogen-bond donors (Lipinski definition) is 1. The highest BCUT2D eigenvalue weighted by Crippen LogP contribution is 2.08. The lowest BCUT2D eigenvalue weighted by Crippen LogP contribution is -2.20. The number of thiophene rings is 1. The van der Waals surface area contributed by atoms with Gasteiger partial charge in [-0.25, -0.2) is 0 Å². The molecule has 0 bridgehead atoms. The van der Waals surface area contributed by atoms with Gasteiger partial charge in [-0.15, -0.1) is 11.3 Å². The van der Waals surface area contributed by atoms with Gasteiger partial charge in [0.05, 0.1) is 0 Å². The molecular weight excluding hydrogens is 178 g/mol.